The van der Waals surface area contributed by atoms with Gasteiger partial charge in [-0.1, -0.05) is 37.6 Å². The summed E-state index contributed by atoms with van der Waals surface area (Å²) < 4.78 is 0. The second kappa shape index (κ2) is 7.33. The first-order chi connectivity index (χ1) is 14.7. The molecule has 4 aliphatic rings. The SMILES string of the molecule is CN(C)c1ccc(/C=C2\C[C@@H]3[C@@H]4CC=C5C[C@@H](O)CC[C@]5(C)[C@H]4CC[C@@]3(C)C2=O)cc1. The predicted molar refractivity (Wildman–Crippen MR) is 127 cm³/mol. The van der Waals surface area contributed by atoms with Gasteiger partial charge in [0.05, 0.1) is 6.10 Å². The number of nitrogens with zero attached hydrogens (tertiary/aromatic N) is 1. The molecule has 4 aliphatic carbocycles. The van der Waals surface area contributed by atoms with Gasteiger partial charge >= 0.3 is 0 Å². The molecule has 1 aromatic rings. The van der Waals surface area contributed by atoms with E-state index in [1.807, 2.05) is 14.1 Å². The van der Waals surface area contributed by atoms with Crippen molar-refractivity contribution in [3.8, 4) is 0 Å². The molecular weight excluding hydrogens is 382 g/mol. The first-order valence-corrected chi connectivity index (χ1v) is 12.1. The first-order valence-electron chi connectivity index (χ1n) is 12.1. The van der Waals surface area contributed by atoms with Crippen molar-refractivity contribution in [2.75, 3.05) is 19.0 Å². The molecule has 1 N–H and O–H groups in total. The molecule has 0 unspecified atom stereocenters. The molecule has 0 heterocycles. The Morgan fingerprint density at radius 3 is 2.42 bits per heavy atom. The highest BCUT2D eigenvalue weighted by atomic mass is 16.3. The molecule has 3 saturated carbocycles. The van der Waals surface area contributed by atoms with Gasteiger partial charge in [-0.05, 0) is 97.5 Å². The number of ketones is 1. The van der Waals surface area contributed by atoms with Crippen molar-refractivity contribution in [1.29, 1.82) is 0 Å². The van der Waals surface area contributed by atoms with Crippen LogP contribution in [0.15, 0.2) is 41.5 Å². The summed E-state index contributed by atoms with van der Waals surface area (Å²) in [5.74, 6) is 2.09. The van der Waals surface area contributed by atoms with Crippen LogP contribution >= 0.6 is 0 Å². The third kappa shape index (κ3) is 3.23. The van der Waals surface area contributed by atoms with Gasteiger partial charge in [-0.2, -0.15) is 0 Å². The van der Waals surface area contributed by atoms with Crippen LogP contribution in [0.4, 0.5) is 5.69 Å². The van der Waals surface area contributed by atoms with Gasteiger partial charge in [0.2, 0.25) is 0 Å². The van der Waals surface area contributed by atoms with Gasteiger partial charge in [0.25, 0.3) is 0 Å². The van der Waals surface area contributed by atoms with Gasteiger partial charge in [0.15, 0.2) is 5.78 Å². The fourth-order valence-corrected chi connectivity index (χ4v) is 7.51. The lowest BCUT2D eigenvalue weighted by Crippen LogP contribution is -2.50. The number of hydrogen-bond acceptors (Lipinski definition) is 3. The highest BCUT2D eigenvalue weighted by Crippen LogP contribution is 2.64. The smallest absolute Gasteiger partial charge is 0.165 e. The number of aliphatic hydroxyl groups is 1. The monoisotopic (exact) mass is 419 g/mol. The lowest BCUT2D eigenvalue weighted by molar-refractivity contribution is -0.130. The number of allylic oxidation sites excluding steroid dienone is 2. The van der Waals surface area contributed by atoms with E-state index in [-0.39, 0.29) is 16.9 Å². The van der Waals surface area contributed by atoms with Crippen LogP contribution in [0.2, 0.25) is 0 Å². The molecule has 31 heavy (non-hydrogen) atoms. The Balaban J connectivity index is 1.44. The number of fused-ring (bicyclic) bond motifs is 5. The van der Waals surface area contributed by atoms with Gasteiger partial charge in [0.1, 0.15) is 0 Å². The van der Waals surface area contributed by atoms with Crippen molar-refractivity contribution in [2.45, 2.75) is 64.9 Å². The highest BCUT2D eigenvalue weighted by molar-refractivity contribution is 6.06. The van der Waals surface area contributed by atoms with E-state index in [0.29, 0.717) is 23.5 Å². The van der Waals surface area contributed by atoms with Crippen molar-refractivity contribution < 1.29 is 9.90 Å². The summed E-state index contributed by atoms with van der Waals surface area (Å²) in [5.41, 5.74) is 4.86. The van der Waals surface area contributed by atoms with Crippen LogP contribution in [0.3, 0.4) is 0 Å². The van der Waals surface area contributed by atoms with Crippen molar-refractivity contribution in [1.82, 2.24) is 0 Å². The maximum Gasteiger partial charge on any atom is 0.165 e. The zero-order valence-corrected chi connectivity index (χ0v) is 19.5. The maximum atomic E-state index is 13.6. The summed E-state index contributed by atoms with van der Waals surface area (Å²) in [5, 5.41) is 10.2. The average molecular weight is 420 g/mol. The van der Waals surface area contributed by atoms with E-state index < -0.39 is 0 Å². The zero-order chi connectivity index (χ0) is 22.0. The summed E-state index contributed by atoms with van der Waals surface area (Å²) in [7, 11) is 4.10. The van der Waals surface area contributed by atoms with Crippen molar-refractivity contribution in [2.24, 2.45) is 28.6 Å². The minimum Gasteiger partial charge on any atom is -0.393 e. The van der Waals surface area contributed by atoms with Crippen LogP contribution in [0.1, 0.15) is 64.4 Å². The lowest BCUT2D eigenvalue weighted by atomic mass is 9.48. The predicted octanol–water partition coefficient (Wildman–Crippen LogP) is 5.64. The summed E-state index contributed by atoms with van der Waals surface area (Å²) in [6, 6.07) is 8.52. The van der Waals surface area contributed by atoms with Gasteiger partial charge in [-0.15, -0.1) is 0 Å². The normalized spacial score (nSPS) is 40.7. The van der Waals surface area contributed by atoms with E-state index in [0.717, 1.165) is 56.1 Å². The quantitative estimate of drug-likeness (QED) is 0.498. The number of anilines is 1. The molecule has 166 valence electrons. The summed E-state index contributed by atoms with van der Waals surface area (Å²) >= 11 is 0. The Bertz CT molecular complexity index is 942. The fraction of sp³-hybridized carbons (Fsp3) is 0.607. The zero-order valence-electron chi connectivity index (χ0n) is 19.5. The summed E-state index contributed by atoms with van der Waals surface area (Å²) in [6.07, 6.45) is 11.5. The third-order valence-electron chi connectivity index (χ3n) is 9.47. The highest BCUT2D eigenvalue weighted by Gasteiger charge is 2.59. The molecule has 0 aliphatic heterocycles. The van der Waals surface area contributed by atoms with E-state index in [4.69, 9.17) is 0 Å². The van der Waals surface area contributed by atoms with Crippen LogP contribution < -0.4 is 4.90 Å². The van der Waals surface area contributed by atoms with Crippen molar-refractivity contribution in [3.63, 3.8) is 0 Å². The number of hydrogen-bond donors (Lipinski definition) is 1. The van der Waals surface area contributed by atoms with Crippen LogP contribution in [0, 0.1) is 28.6 Å². The molecule has 0 radical (unpaired) electrons. The van der Waals surface area contributed by atoms with Crippen molar-refractivity contribution >= 4 is 17.5 Å². The van der Waals surface area contributed by atoms with E-state index in [9.17, 15) is 9.90 Å². The minimum absolute atomic E-state index is 0.161. The molecule has 0 aromatic heterocycles. The van der Waals surface area contributed by atoms with Crippen LogP contribution in [-0.4, -0.2) is 31.1 Å². The Morgan fingerprint density at radius 2 is 1.71 bits per heavy atom. The second-order valence-corrected chi connectivity index (χ2v) is 11.3. The number of aliphatic hydroxyl groups excluding tert-OH is 1. The minimum atomic E-state index is -0.202. The van der Waals surface area contributed by atoms with Gasteiger partial charge in [0, 0.05) is 25.2 Å². The number of benzene rings is 1. The van der Waals surface area contributed by atoms with Crippen molar-refractivity contribution in [3.05, 3.63) is 47.1 Å². The Labute approximate surface area is 187 Å². The molecule has 0 amide bonds. The summed E-state index contributed by atoms with van der Waals surface area (Å²) in [4.78, 5) is 15.7. The summed E-state index contributed by atoms with van der Waals surface area (Å²) in [6.45, 7) is 4.70. The van der Waals surface area contributed by atoms with E-state index in [1.54, 1.807) is 0 Å². The van der Waals surface area contributed by atoms with E-state index >= 15 is 0 Å². The molecular formula is C28H37NO2. The second-order valence-electron chi connectivity index (χ2n) is 11.3. The fourth-order valence-electron chi connectivity index (χ4n) is 7.51. The van der Waals surface area contributed by atoms with Gasteiger partial charge in [-0.3, -0.25) is 4.79 Å². The number of carbonyl (C=O) groups excluding carboxylic acids is 1. The van der Waals surface area contributed by atoms with E-state index in [1.165, 1.54) is 11.3 Å². The van der Waals surface area contributed by atoms with Gasteiger partial charge in [-0.25, -0.2) is 0 Å². The topological polar surface area (TPSA) is 40.5 Å². The largest absolute Gasteiger partial charge is 0.393 e. The molecule has 5 rings (SSSR count). The number of carbonyl (C=O) groups is 1. The van der Waals surface area contributed by atoms with Gasteiger partial charge < -0.3 is 10.0 Å². The van der Waals surface area contributed by atoms with Crippen LogP contribution in [0.25, 0.3) is 6.08 Å². The third-order valence-corrected chi connectivity index (χ3v) is 9.47. The lowest BCUT2D eigenvalue weighted by Gasteiger charge is -2.56. The van der Waals surface area contributed by atoms with Crippen LogP contribution in [0.5, 0.6) is 0 Å². The maximum absolute atomic E-state index is 13.6. The molecule has 0 saturated heterocycles. The first kappa shape index (κ1) is 21.0. The Kier molecular flexibility index (Phi) is 4.97. The number of Topliss-reactive ketones (excluding diaryl/α,β-unsaturated/α-hetero) is 1. The Hall–Kier alpha value is -1.87. The van der Waals surface area contributed by atoms with Crippen LogP contribution in [-0.2, 0) is 4.79 Å². The molecule has 3 heteroatoms. The molecule has 1 aromatic carbocycles. The Morgan fingerprint density at radius 1 is 1.00 bits per heavy atom. The molecule has 0 spiro atoms. The average Bonchev–Trinajstić information content (AvgIpc) is 2.99. The molecule has 0 bridgehead atoms. The molecule has 3 nitrogen and oxygen atoms in total. The molecule has 3 fully saturated rings. The van der Waals surface area contributed by atoms with E-state index in [2.05, 4.69) is 55.2 Å². The standard InChI is InChI=1S/C28H37NO2/c1-27-13-11-22(30)17-20(27)7-10-23-24(27)12-14-28(2)25(23)16-19(26(28)31)15-18-5-8-21(9-6-18)29(3)4/h5-9,15,22-25,30H,10-14,16-17H2,1-4H3/b19-15+/t22-,23+,24-,25+,27-,28+/m0/s1. The number of rotatable bonds is 2. The molecule has 6 atom stereocenters.